The summed E-state index contributed by atoms with van der Waals surface area (Å²) >= 11 is 0. The number of nitrogens with two attached hydrogens (primary N) is 1. The van der Waals surface area contributed by atoms with Crippen molar-refractivity contribution in [2.75, 3.05) is 33.4 Å². The van der Waals surface area contributed by atoms with Crippen LogP contribution in [-0.4, -0.2) is 38.3 Å². The molecule has 1 aromatic carbocycles. The Morgan fingerprint density at radius 3 is 2.55 bits per heavy atom. The first-order valence-electron chi connectivity index (χ1n) is 7.41. The largest absolute Gasteiger partial charge is 0.486 e. The fraction of sp³-hybridized carbons (Fsp3) is 0.625. The lowest BCUT2D eigenvalue weighted by Crippen LogP contribution is -2.32. The SMILES string of the molecule is CC(C)CCN(C)C(CN)c1ccc2c(c1)OCCO2. The Bertz CT molecular complexity index is 434. The van der Waals surface area contributed by atoms with Gasteiger partial charge in [0.05, 0.1) is 0 Å². The van der Waals surface area contributed by atoms with Crippen molar-refractivity contribution in [1.82, 2.24) is 4.90 Å². The molecule has 1 aliphatic heterocycles. The Labute approximate surface area is 121 Å². The molecule has 0 fully saturated rings. The van der Waals surface area contributed by atoms with Crippen molar-refractivity contribution in [3.05, 3.63) is 23.8 Å². The van der Waals surface area contributed by atoms with Gasteiger partial charge in [0.25, 0.3) is 0 Å². The van der Waals surface area contributed by atoms with Crippen molar-refractivity contribution in [3.8, 4) is 11.5 Å². The highest BCUT2D eigenvalue weighted by atomic mass is 16.6. The van der Waals surface area contributed by atoms with E-state index in [-0.39, 0.29) is 6.04 Å². The van der Waals surface area contributed by atoms with Gasteiger partial charge in [0, 0.05) is 12.6 Å². The van der Waals surface area contributed by atoms with Crippen molar-refractivity contribution in [3.63, 3.8) is 0 Å². The minimum atomic E-state index is 0.226. The van der Waals surface area contributed by atoms with Crippen molar-refractivity contribution < 1.29 is 9.47 Å². The van der Waals surface area contributed by atoms with E-state index in [0.717, 1.165) is 18.0 Å². The minimum absolute atomic E-state index is 0.226. The van der Waals surface area contributed by atoms with Gasteiger partial charge in [0.15, 0.2) is 11.5 Å². The first-order valence-corrected chi connectivity index (χ1v) is 7.41. The molecule has 1 heterocycles. The van der Waals surface area contributed by atoms with Crippen LogP contribution in [0.2, 0.25) is 0 Å². The number of benzene rings is 1. The third-order valence-corrected chi connectivity index (χ3v) is 3.77. The lowest BCUT2D eigenvalue weighted by molar-refractivity contribution is 0.170. The van der Waals surface area contributed by atoms with Crippen molar-refractivity contribution in [2.45, 2.75) is 26.3 Å². The molecule has 1 aliphatic rings. The first-order chi connectivity index (χ1) is 9.61. The molecule has 112 valence electrons. The summed E-state index contributed by atoms with van der Waals surface area (Å²) in [7, 11) is 2.14. The van der Waals surface area contributed by atoms with Crippen LogP contribution >= 0.6 is 0 Å². The molecule has 4 nitrogen and oxygen atoms in total. The van der Waals surface area contributed by atoms with Gasteiger partial charge in [-0.3, -0.25) is 4.90 Å². The van der Waals surface area contributed by atoms with E-state index in [1.54, 1.807) is 0 Å². The van der Waals surface area contributed by atoms with Gasteiger partial charge in [-0.05, 0) is 43.6 Å². The molecule has 20 heavy (non-hydrogen) atoms. The summed E-state index contributed by atoms with van der Waals surface area (Å²) < 4.78 is 11.2. The molecular formula is C16H26N2O2. The van der Waals surface area contributed by atoms with Crippen molar-refractivity contribution in [2.24, 2.45) is 11.7 Å². The summed E-state index contributed by atoms with van der Waals surface area (Å²) in [6.07, 6.45) is 1.18. The molecule has 0 aromatic heterocycles. The van der Waals surface area contributed by atoms with E-state index in [9.17, 15) is 0 Å². The fourth-order valence-corrected chi connectivity index (χ4v) is 2.46. The fourth-order valence-electron chi connectivity index (χ4n) is 2.46. The number of likely N-dealkylation sites (N-methyl/N-ethyl adjacent to an activating group) is 1. The zero-order valence-electron chi connectivity index (χ0n) is 12.8. The quantitative estimate of drug-likeness (QED) is 0.868. The van der Waals surface area contributed by atoms with Gasteiger partial charge in [-0.1, -0.05) is 19.9 Å². The summed E-state index contributed by atoms with van der Waals surface area (Å²) in [5, 5.41) is 0. The Kier molecular flexibility index (Phi) is 5.26. The van der Waals surface area contributed by atoms with Gasteiger partial charge in [-0.15, -0.1) is 0 Å². The van der Waals surface area contributed by atoms with Crippen LogP contribution in [0.25, 0.3) is 0 Å². The van der Waals surface area contributed by atoms with Gasteiger partial charge in [0.1, 0.15) is 13.2 Å². The summed E-state index contributed by atoms with van der Waals surface area (Å²) in [4.78, 5) is 2.32. The Morgan fingerprint density at radius 2 is 1.90 bits per heavy atom. The lowest BCUT2D eigenvalue weighted by Gasteiger charge is -2.29. The maximum atomic E-state index is 5.97. The van der Waals surface area contributed by atoms with Crippen LogP contribution in [0.3, 0.4) is 0 Å². The maximum Gasteiger partial charge on any atom is 0.161 e. The Morgan fingerprint density at radius 1 is 1.20 bits per heavy atom. The number of fused-ring (bicyclic) bond motifs is 1. The summed E-state index contributed by atoms with van der Waals surface area (Å²) in [6, 6.07) is 6.38. The van der Waals surface area contributed by atoms with Gasteiger partial charge < -0.3 is 15.2 Å². The van der Waals surface area contributed by atoms with Crippen LogP contribution in [0.4, 0.5) is 0 Å². The van der Waals surface area contributed by atoms with Crippen molar-refractivity contribution >= 4 is 0 Å². The highest BCUT2D eigenvalue weighted by Gasteiger charge is 2.19. The molecule has 0 spiro atoms. The number of rotatable bonds is 6. The van der Waals surface area contributed by atoms with Crippen LogP contribution in [-0.2, 0) is 0 Å². The molecule has 0 amide bonds. The summed E-state index contributed by atoms with van der Waals surface area (Å²) in [5.41, 5.74) is 7.17. The summed E-state index contributed by atoms with van der Waals surface area (Å²) in [6.45, 7) is 7.39. The molecule has 0 saturated heterocycles. The van der Waals surface area contributed by atoms with Crippen LogP contribution in [0.1, 0.15) is 31.9 Å². The van der Waals surface area contributed by atoms with E-state index in [2.05, 4.69) is 37.9 Å². The third kappa shape index (κ3) is 3.64. The predicted octanol–water partition coefficient (Wildman–Crippen LogP) is 2.44. The zero-order valence-corrected chi connectivity index (χ0v) is 12.8. The van der Waals surface area contributed by atoms with E-state index in [1.165, 1.54) is 12.0 Å². The Hall–Kier alpha value is -1.26. The molecule has 1 aromatic rings. The monoisotopic (exact) mass is 278 g/mol. The van der Waals surface area contributed by atoms with E-state index in [4.69, 9.17) is 15.2 Å². The second-order valence-electron chi connectivity index (χ2n) is 5.82. The van der Waals surface area contributed by atoms with E-state index < -0.39 is 0 Å². The van der Waals surface area contributed by atoms with Gasteiger partial charge >= 0.3 is 0 Å². The number of hydrogen-bond donors (Lipinski definition) is 1. The number of nitrogens with zero attached hydrogens (tertiary/aromatic N) is 1. The average molecular weight is 278 g/mol. The van der Waals surface area contributed by atoms with Crippen LogP contribution in [0.5, 0.6) is 11.5 Å². The Balaban J connectivity index is 2.10. The molecule has 1 unspecified atom stereocenters. The topological polar surface area (TPSA) is 47.7 Å². The smallest absolute Gasteiger partial charge is 0.161 e. The molecule has 0 radical (unpaired) electrons. The second kappa shape index (κ2) is 6.95. The lowest BCUT2D eigenvalue weighted by atomic mass is 10.0. The normalized spacial score (nSPS) is 15.7. The molecule has 4 heteroatoms. The maximum absolute atomic E-state index is 5.97. The molecule has 0 saturated carbocycles. The predicted molar refractivity (Wildman–Crippen MR) is 81.3 cm³/mol. The highest BCUT2D eigenvalue weighted by molar-refractivity contribution is 5.44. The zero-order chi connectivity index (χ0) is 14.5. The van der Waals surface area contributed by atoms with Crippen molar-refractivity contribution in [1.29, 1.82) is 0 Å². The first kappa shape index (κ1) is 15.1. The van der Waals surface area contributed by atoms with Gasteiger partial charge in [0.2, 0.25) is 0 Å². The minimum Gasteiger partial charge on any atom is -0.486 e. The second-order valence-corrected chi connectivity index (χ2v) is 5.82. The van der Waals surface area contributed by atoms with E-state index in [1.807, 2.05) is 6.07 Å². The van der Waals surface area contributed by atoms with Crippen LogP contribution in [0.15, 0.2) is 18.2 Å². The third-order valence-electron chi connectivity index (χ3n) is 3.77. The molecule has 2 N–H and O–H groups in total. The molecular weight excluding hydrogens is 252 g/mol. The van der Waals surface area contributed by atoms with Crippen LogP contribution < -0.4 is 15.2 Å². The molecule has 2 rings (SSSR count). The standard InChI is InChI=1S/C16H26N2O2/c1-12(2)6-7-18(3)14(11-17)13-4-5-15-16(10-13)20-9-8-19-15/h4-5,10,12,14H,6-9,11,17H2,1-3H3. The number of ether oxygens (including phenoxy) is 2. The van der Waals surface area contributed by atoms with Gasteiger partial charge in [-0.2, -0.15) is 0 Å². The summed E-state index contributed by atoms with van der Waals surface area (Å²) in [5.74, 6) is 2.38. The van der Waals surface area contributed by atoms with E-state index in [0.29, 0.717) is 25.7 Å². The molecule has 0 bridgehead atoms. The van der Waals surface area contributed by atoms with Gasteiger partial charge in [-0.25, -0.2) is 0 Å². The molecule has 1 atom stereocenters. The average Bonchev–Trinajstić information content (AvgIpc) is 2.45. The van der Waals surface area contributed by atoms with Crippen LogP contribution in [0, 0.1) is 5.92 Å². The molecule has 0 aliphatic carbocycles. The van der Waals surface area contributed by atoms with E-state index >= 15 is 0 Å². The highest BCUT2D eigenvalue weighted by Crippen LogP contribution is 2.33. The number of hydrogen-bond acceptors (Lipinski definition) is 4.